The highest BCUT2D eigenvalue weighted by molar-refractivity contribution is 7.13. The quantitative estimate of drug-likeness (QED) is 0.863. The van der Waals surface area contributed by atoms with Crippen LogP contribution in [0.25, 0.3) is 10.6 Å². The lowest BCUT2D eigenvalue weighted by Crippen LogP contribution is -2.21. The van der Waals surface area contributed by atoms with Crippen molar-refractivity contribution in [1.82, 2.24) is 9.88 Å². The Morgan fingerprint density at radius 3 is 3.12 bits per heavy atom. The van der Waals surface area contributed by atoms with Crippen LogP contribution in [0.3, 0.4) is 0 Å². The Hall–Kier alpha value is -1.17. The van der Waals surface area contributed by atoms with Gasteiger partial charge in [0.2, 0.25) is 0 Å². The molecule has 86 valence electrons. The fourth-order valence-electron chi connectivity index (χ4n) is 1.42. The summed E-state index contributed by atoms with van der Waals surface area (Å²) in [5, 5.41) is 11.8. The fourth-order valence-corrected chi connectivity index (χ4v) is 2.22. The lowest BCUT2D eigenvalue weighted by Gasteiger charge is -2.12. The van der Waals surface area contributed by atoms with Crippen molar-refractivity contribution < 1.29 is 9.52 Å². The van der Waals surface area contributed by atoms with Gasteiger partial charge in [0, 0.05) is 24.0 Å². The van der Waals surface area contributed by atoms with E-state index >= 15 is 0 Å². The third kappa shape index (κ3) is 2.69. The molecule has 2 rings (SSSR count). The van der Waals surface area contributed by atoms with Gasteiger partial charge in [0.05, 0.1) is 18.6 Å². The van der Waals surface area contributed by atoms with Crippen molar-refractivity contribution in [2.75, 3.05) is 20.2 Å². The Morgan fingerprint density at radius 1 is 1.56 bits per heavy atom. The normalized spacial score (nSPS) is 11.2. The number of thiazole rings is 1. The lowest BCUT2D eigenvalue weighted by molar-refractivity contribution is 0.216. The Kier molecular flexibility index (Phi) is 3.71. The molecule has 0 amide bonds. The monoisotopic (exact) mass is 238 g/mol. The summed E-state index contributed by atoms with van der Waals surface area (Å²) in [5.41, 5.74) is 2.04. The summed E-state index contributed by atoms with van der Waals surface area (Å²) in [7, 11) is 1.97. The first-order valence-electron chi connectivity index (χ1n) is 5.06. The summed E-state index contributed by atoms with van der Waals surface area (Å²) in [6, 6.07) is 1.90. The molecule has 0 atom stereocenters. The predicted octanol–water partition coefficient (Wildman–Crippen LogP) is 1.83. The van der Waals surface area contributed by atoms with Gasteiger partial charge < -0.3 is 9.52 Å². The molecule has 0 aliphatic carbocycles. The molecule has 4 nitrogen and oxygen atoms in total. The summed E-state index contributed by atoms with van der Waals surface area (Å²) < 4.78 is 5.02. The van der Waals surface area contributed by atoms with Crippen LogP contribution in [0.5, 0.6) is 0 Å². The number of furan rings is 1. The molecule has 0 spiro atoms. The number of hydrogen-bond donors (Lipinski definition) is 1. The number of rotatable bonds is 5. The molecule has 1 N–H and O–H groups in total. The minimum Gasteiger partial charge on any atom is -0.472 e. The zero-order valence-corrected chi connectivity index (χ0v) is 9.91. The highest BCUT2D eigenvalue weighted by Gasteiger charge is 2.07. The van der Waals surface area contributed by atoms with Gasteiger partial charge in [-0.1, -0.05) is 0 Å². The molecule has 0 bridgehead atoms. The highest BCUT2D eigenvalue weighted by Crippen LogP contribution is 2.24. The average molecular weight is 238 g/mol. The third-order valence-corrected chi connectivity index (χ3v) is 3.17. The van der Waals surface area contributed by atoms with E-state index in [0.29, 0.717) is 6.54 Å². The van der Waals surface area contributed by atoms with Crippen molar-refractivity contribution >= 4 is 11.3 Å². The van der Waals surface area contributed by atoms with Crippen molar-refractivity contribution in [1.29, 1.82) is 0 Å². The highest BCUT2D eigenvalue weighted by atomic mass is 32.1. The van der Waals surface area contributed by atoms with Crippen LogP contribution in [-0.4, -0.2) is 35.2 Å². The molecule has 16 heavy (non-hydrogen) atoms. The molecule has 0 saturated heterocycles. The van der Waals surface area contributed by atoms with Crippen LogP contribution in [-0.2, 0) is 6.54 Å². The lowest BCUT2D eigenvalue weighted by atomic mass is 10.3. The van der Waals surface area contributed by atoms with Gasteiger partial charge in [0.15, 0.2) is 0 Å². The van der Waals surface area contributed by atoms with Crippen molar-refractivity contribution in [3.63, 3.8) is 0 Å². The Balaban J connectivity index is 2.03. The molecule has 0 aliphatic rings. The Bertz CT molecular complexity index is 425. The molecule has 0 fully saturated rings. The van der Waals surface area contributed by atoms with Gasteiger partial charge >= 0.3 is 0 Å². The minimum atomic E-state index is 0.176. The van der Waals surface area contributed by atoms with Crippen molar-refractivity contribution in [2.24, 2.45) is 0 Å². The first kappa shape index (κ1) is 11.3. The fraction of sp³-hybridized carbons (Fsp3) is 0.364. The zero-order chi connectivity index (χ0) is 11.4. The number of aliphatic hydroxyl groups is 1. The second kappa shape index (κ2) is 5.25. The van der Waals surface area contributed by atoms with E-state index in [0.717, 1.165) is 22.8 Å². The summed E-state index contributed by atoms with van der Waals surface area (Å²) >= 11 is 1.61. The Morgan fingerprint density at radius 2 is 2.44 bits per heavy atom. The molecule has 0 unspecified atom stereocenters. The van der Waals surface area contributed by atoms with Crippen molar-refractivity contribution in [3.8, 4) is 10.6 Å². The number of aromatic nitrogens is 1. The summed E-state index contributed by atoms with van der Waals surface area (Å²) in [5.74, 6) is 0. The van der Waals surface area contributed by atoms with E-state index in [-0.39, 0.29) is 6.61 Å². The third-order valence-electron chi connectivity index (χ3n) is 2.23. The Labute approximate surface area is 98.2 Å². The van der Waals surface area contributed by atoms with Gasteiger partial charge in [-0.2, -0.15) is 0 Å². The van der Waals surface area contributed by atoms with E-state index < -0.39 is 0 Å². The van der Waals surface area contributed by atoms with Gasteiger partial charge in [-0.3, -0.25) is 4.90 Å². The molecule has 0 aromatic carbocycles. The van der Waals surface area contributed by atoms with E-state index in [2.05, 4.69) is 4.98 Å². The van der Waals surface area contributed by atoms with Gasteiger partial charge in [0.1, 0.15) is 11.3 Å². The molecule has 2 aromatic rings. The number of aliphatic hydroxyl groups excluding tert-OH is 1. The number of hydrogen-bond acceptors (Lipinski definition) is 5. The van der Waals surface area contributed by atoms with Crippen LogP contribution >= 0.6 is 11.3 Å². The molecular formula is C11H14N2O2S. The minimum absolute atomic E-state index is 0.176. The van der Waals surface area contributed by atoms with Crippen LogP contribution in [0, 0.1) is 0 Å². The standard InChI is InChI=1S/C11H14N2O2S/c1-13(3-4-14)6-10-8-16-11(12-10)9-2-5-15-7-9/h2,5,7-8,14H,3-4,6H2,1H3. The predicted molar refractivity (Wildman–Crippen MR) is 63.2 cm³/mol. The number of likely N-dealkylation sites (N-methyl/N-ethyl adjacent to an activating group) is 1. The van der Waals surface area contributed by atoms with Gasteiger partial charge in [-0.25, -0.2) is 4.98 Å². The van der Waals surface area contributed by atoms with Crippen LogP contribution in [0.1, 0.15) is 5.69 Å². The second-order valence-corrected chi connectivity index (χ2v) is 4.48. The van der Waals surface area contributed by atoms with Gasteiger partial charge in [-0.05, 0) is 13.1 Å². The maximum absolute atomic E-state index is 8.80. The maximum atomic E-state index is 8.80. The smallest absolute Gasteiger partial charge is 0.126 e. The number of nitrogens with zero attached hydrogens (tertiary/aromatic N) is 2. The molecule has 5 heteroatoms. The SMILES string of the molecule is CN(CCO)Cc1csc(-c2ccoc2)n1. The topological polar surface area (TPSA) is 49.5 Å². The van der Waals surface area contributed by atoms with Crippen molar-refractivity contribution in [2.45, 2.75) is 6.54 Å². The molecule has 0 aliphatic heterocycles. The summed E-state index contributed by atoms with van der Waals surface area (Å²) in [4.78, 5) is 6.55. The molecule has 2 aromatic heterocycles. The van der Waals surface area contributed by atoms with Crippen LogP contribution in [0.2, 0.25) is 0 Å². The van der Waals surface area contributed by atoms with Crippen LogP contribution in [0.15, 0.2) is 28.4 Å². The summed E-state index contributed by atoms with van der Waals surface area (Å²) in [6.45, 7) is 1.60. The summed E-state index contributed by atoms with van der Waals surface area (Å²) in [6.07, 6.45) is 3.34. The largest absolute Gasteiger partial charge is 0.472 e. The zero-order valence-electron chi connectivity index (χ0n) is 9.09. The van der Waals surface area contributed by atoms with Gasteiger partial charge in [-0.15, -0.1) is 11.3 Å². The molecule has 0 saturated carbocycles. The van der Waals surface area contributed by atoms with Crippen molar-refractivity contribution in [3.05, 3.63) is 29.7 Å². The van der Waals surface area contributed by atoms with Gasteiger partial charge in [0.25, 0.3) is 0 Å². The van der Waals surface area contributed by atoms with Crippen LogP contribution in [0.4, 0.5) is 0 Å². The van der Waals surface area contributed by atoms with E-state index in [9.17, 15) is 0 Å². The van der Waals surface area contributed by atoms with E-state index in [1.165, 1.54) is 0 Å². The molecular weight excluding hydrogens is 224 g/mol. The average Bonchev–Trinajstić information content (AvgIpc) is 2.86. The first-order chi connectivity index (χ1) is 7.79. The van der Waals surface area contributed by atoms with Crippen LogP contribution < -0.4 is 0 Å². The first-order valence-corrected chi connectivity index (χ1v) is 5.94. The van der Waals surface area contributed by atoms with E-state index in [4.69, 9.17) is 9.52 Å². The maximum Gasteiger partial charge on any atom is 0.126 e. The second-order valence-electron chi connectivity index (χ2n) is 3.62. The van der Waals surface area contributed by atoms with E-state index in [1.54, 1.807) is 23.9 Å². The molecule has 2 heterocycles. The molecule has 0 radical (unpaired) electrons. The van der Waals surface area contributed by atoms with E-state index in [1.807, 2.05) is 23.4 Å².